The number of hydrogen-bond donors (Lipinski definition) is 2. The molecule has 4 nitrogen and oxygen atoms in total. The second kappa shape index (κ2) is 12.7. The normalized spacial score (nSPS) is 11.2. The maximum atomic E-state index is 11.4. The zero-order valence-corrected chi connectivity index (χ0v) is 16.1. The van der Waals surface area contributed by atoms with Crippen LogP contribution < -0.4 is 0 Å². The molecule has 0 aliphatic heterocycles. The van der Waals surface area contributed by atoms with E-state index in [0.717, 1.165) is 19.3 Å². The molecule has 122 valence electrons. The summed E-state index contributed by atoms with van der Waals surface area (Å²) in [5.41, 5.74) is -1.62. The van der Waals surface area contributed by atoms with Crippen molar-refractivity contribution in [3.05, 3.63) is 0 Å². The summed E-state index contributed by atoms with van der Waals surface area (Å²) < 4.78 is 0. The summed E-state index contributed by atoms with van der Waals surface area (Å²) in [5, 5.41) is 18.6. The summed E-state index contributed by atoms with van der Waals surface area (Å²) in [6.45, 7) is 5.53. The minimum atomic E-state index is -1.62. The summed E-state index contributed by atoms with van der Waals surface area (Å²) in [4.78, 5) is 22.7. The molecule has 0 rings (SSSR count). The third-order valence-electron chi connectivity index (χ3n) is 4.17. The van der Waals surface area contributed by atoms with Crippen LogP contribution in [-0.4, -0.2) is 59.9 Å². The van der Waals surface area contributed by atoms with Crippen LogP contribution in [0.3, 0.4) is 0 Å². The first-order valence-corrected chi connectivity index (χ1v) is 7.86. The first-order chi connectivity index (χ1) is 9.39. The fourth-order valence-corrected chi connectivity index (χ4v) is 2.63. The first kappa shape index (κ1) is 23.5. The third kappa shape index (κ3) is 7.85. The van der Waals surface area contributed by atoms with Crippen LogP contribution in [-0.2, 0) is 9.59 Å². The summed E-state index contributed by atoms with van der Waals surface area (Å²) in [6, 6.07) is 0. The van der Waals surface area contributed by atoms with Crippen LogP contribution in [0.1, 0.15) is 81.4 Å². The molecule has 0 aromatic carbocycles. The van der Waals surface area contributed by atoms with Crippen LogP contribution in [0.2, 0.25) is 0 Å². The second-order valence-electron chi connectivity index (χ2n) is 5.96. The van der Waals surface area contributed by atoms with Gasteiger partial charge in [0.2, 0.25) is 0 Å². The quantitative estimate of drug-likeness (QED) is 0.320. The van der Waals surface area contributed by atoms with Crippen molar-refractivity contribution >= 4 is 49.7 Å². The summed E-state index contributed by atoms with van der Waals surface area (Å²) in [7, 11) is 0. The van der Waals surface area contributed by atoms with Crippen molar-refractivity contribution in [3.63, 3.8) is 0 Å². The van der Waals surface area contributed by atoms with Crippen molar-refractivity contribution in [2.24, 2.45) is 11.3 Å². The number of carboxylic acid groups (broad SMARTS) is 2. The van der Waals surface area contributed by atoms with Crippen molar-refractivity contribution in [2.75, 3.05) is 0 Å². The van der Waals surface area contributed by atoms with Gasteiger partial charge in [0.25, 0.3) is 0 Å². The summed E-state index contributed by atoms with van der Waals surface area (Å²) in [6.07, 6.45) is 9.03. The molecule has 0 fully saturated rings. The molecule has 0 heterocycles. The minimum Gasteiger partial charge on any atom is -1.00 e. The molecule has 0 radical (unpaired) electrons. The van der Waals surface area contributed by atoms with Crippen LogP contribution >= 0.6 is 0 Å². The van der Waals surface area contributed by atoms with Gasteiger partial charge in [-0.05, 0) is 12.3 Å². The van der Waals surface area contributed by atoms with Gasteiger partial charge in [-0.1, -0.05) is 72.1 Å². The topological polar surface area (TPSA) is 74.6 Å². The van der Waals surface area contributed by atoms with Gasteiger partial charge in [0.05, 0.1) is 0 Å². The Morgan fingerprint density at radius 2 is 1.29 bits per heavy atom. The average molecular weight is 329 g/mol. The van der Waals surface area contributed by atoms with Gasteiger partial charge in [-0.3, -0.25) is 9.59 Å². The molecular formula is C16H32CaO4. The van der Waals surface area contributed by atoms with Crippen molar-refractivity contribution in [1.82, 2.24) is 0 Å². The van der Waals surface area contributed by atoms with Gasteiger partial charge in [0.1, 0.15) is 0 Å². The van der Waals surface area contributed by atoms with E-state index in [0.29, 0.717) is 6.42 Å². The first-order valence-electron chi connectivity index (χ1n) is 7.86. The predicted molar refractivity (Wildman–Crippen MR) is 87.7 cm³/mol. The van der Waals surface area contributed by atoms with E-state index in [4.69, 9.17) is 0 Å². The predicted octanol–water partition coefficient (Wildman–Crippen LogP) is 4.17. The van der Waals surface area contributed by atoms with Crippen LogP contribution in [0.25, 0.3) is 0 Å². The number of unbranched alkanes of at least 4 members (excludes halogenated alkanes) is 7. The van der Waals surface area contributed by atoms with E-state index in [1.807, 2.05) is 0 Å². The molecule has 0 amide bonds. The molecule has 0 aromatic heterocycles. The van der Waals surface area contributed by atoms with Crippen LogP contribution in [0.4, 0.5) is 0 Å². The van der Waals surface area contributed by atoms with E-state index < -0.39 is 23.3 Å². The fraction of sp³-hybridized carbons (Fsp3) is 0.875. The Balaban J connectivity index is -0.000000602. The molecule has 21 heavy (non-hydrogen) atoms. The SMILES string of the molecule is CCCCCCCCCCC(C(=O)O)(C(=O)O)C(C)C.[Ca+2].[H-].[H-]. The maximum absolute atomic E-state index is 11.4. The molecule has 0 saturated carbocycles. The number of aliphatic carboxylic acids is 2. The molecule has 0 aliphatic rings. The van der Waals surface area contributed by atoms with Crippen molar-refractivity contribution in [1.29, 1.82) is 0 Å². The molecule has 0 aromatic rings. The van der Waals surface area contributed by atoms with Gasteiger partial charge in [-0.2, -0.15) is 0 Å². The van der Waals surface area contributed by atoms with Gasteiger partial charge in [-0.15, -0.1) is 0 Å². The second-order valence-corrected chi connectivity index (χ2v) is 5.96. The molecule has 0 bridgehead atoms. The van der Waals surface area contributed by atoms with Gasteiger partial charge in [0, 0.05) is 0 Å². The number of carbonyl (C=O) groups is 2. The largest absolute Gasteiger partial charge is 2.00 e. The Bertz CT molecular complexity index is 298. The molecule has 0 atom stereocenters. The van der Waals surface area contributed by atoms with Crippen molar-refractivity contribution in [3.8, 4) is 0 Å². The van der Waals surface area contributed by atoms with E-state index in [1.165, 1.54) is 25.7 Å². The van der Waals surface area contributed by atoms with Crippen LogP contribution in [0, 0.1) is 11.3 Å². The van der Waals surface area contributed by atoms with Gasteiger partial charge >= 0.3 is 49.7 Å². The Morgan fingerprint density at radius 3 is 1.62 bits per heavy atom. The van der Waals surface area contributed by atoms with Crippen LogP contribution in [0.15, 0.2) is 0 Å². The zero-order chi connectivity index (χ0) is 15.6. The zero-order valence-electron chi connectivity index (χ0n) is 15.9. The molecule has 0 saturated heterocycles. The Hall–Kier alpha value is 0.200. The molecule has 0 spiro atoms. The van der Waals surface area contributed by atoms with Crippen molar-refractivity contribution in [2.45, 2.75) is 78.6 Å². The standard InChI is InChI=1S/C16H30O4.Ca.2H/c1-4-5-6-7-8-9-10-11-12-16(13(2)3,14(17)18)15(19)20;;;/h13H,4-12H2,1-3H3,(H,17,18)(H,19,20);;;/q;+2;2*-1. The monoisotopic (exact) mass is 328 g/mol. The Morgan fingerprint density at radius 1 is 0.905 bits per heavy atom. The van der Waals surface area contributed by atoms with Gasteiger partial charge in [-0.25, -0.2) is 0 Å². The summed E-state index contributed by atoms with van der Waals surface area (Å²) >= 11 is 0. The third-order valence-corrected chi connectivity index (χ3v) is 4.17. The van der Waals surface area contributed by atoms with E-state index in [9.17, 15) is 19.8 Å². The summed E-state index contributed by atoms with van der Waals surface area (Å²) in [5.74, 6) is -2.81. The number of hydrogen-bond acceptors (Lipinski definition) is 2. The molecule has 0 aliphatic carbocycles. The van der Waals surface area contributed by atoms with Crippen LogP contribution in [0.5, 0.6) is 0 Å². The smallest absolute Gasteiger partial charge is 1.00 e. The molecule has 5 heteroatoms. The Labute approximate surface area is 161 Å². The maximum Gasteiger partial charge on any atom is 2.00 e. The Kier molecular flexibility index (Phi) is 14.2. The van der Waals surface area contributed by atoms with E-state index in [1.54, 1.807) is 13.8 Å². The minimum absolute atomic E-state index is 0. The van der Waals surface area contributed by atoms with Gasteiger partial charge < -0.3 is 13.1 Å². The van der Waals surface area contributed by atoms with E-state index >= 15 is 0 Å². The molecule has 0 unspecified atom stereocenters. The van der Waals surface area contributed by atoms with E-state index in [2.05, 4.69) is 6.92 Å². The number of rotatable bonds is 12. The van der Waals surface area contributed by atoms with Gasteiger partial charge in [0.15, 0.2) is 5.41 Å². The molecular weight excluding hydrogens is 296 g/mol. The van der Waals surface area contributed by atoms with E-state index in [-0.39, 0.29) is 47.0 Å². The fourth-order valence-electron chi connectivity index (χ4n) is 2.63. The number of carboxylic acids is 2. The average Bonchev–Trinajstić information content (AvgIpc) is 2.35. The van der Waals surface area contributed by atoms with Crippen molar-refractivity contribution < 1.29 is 22.7 Å². The molecule has 2 N–H and O–H groups in total.